The van der Waals surface area contributed by atoms with Crippen LogP contribution in [0.2, 0.25) is 15.1 Å². The van der Waals surface area contributed by atoms with E-state index in [4.69, 9.17) is 34.8 Å². The molecule has 2 rings (SSSR count). The van der Waals surface area contributed by atoms with Crippen molar-refractivity contribution >= 4 is 34.8 Å². The van der Waals surface area contributed by atoms with Gasteiger partial charge in [-0.1, -0.05) is 55.6 Å². The molecule has 102 valence electrons. The van der Waals surface area contributed by atoms with E-state index in [0.29, 0.717) is 20.8 Å². The molecule has 0 saturated heterocycles. The summed E-state index contributed by atoms with van der Waals surface area (Å²) in [6, 6.07) is 4.64. The van der Waals surface area contributed by atoms with Gasteiger partial charge in [0, 0.05) is 22.2 Å². The number of nitrogens with zero attached hydrogens (tertiary/aromatic N) is 1. The third-order valence-corrected chi connectivity index (χ3v) is 3.53. The predicted molar refractivity (Wildman–Crippen MR) is 80.1 cm³/mol. The number of nitrogens with one attached hydrogen (secondary N) is 1. The van der Waals surface area contributed by atoms with Gasteiger partial charge >= 0.3 is 0 Å². The normalized spacial score (nSPS) is 11.9. The van der Waals surface area contributed by atoms with Gasteiger partial charge in [-0.15, -0.1) is 0 Å². The SMILES string of the molecule is CC(C)(C)c1cc(=O)n(-c2c(Cl)cc(Cl)cc2Cl)[nH]1. The van der Waals surface area contributed by atoms with Crippen molar-refractivity contribution in [3.63, 3.8) is 0 Å². The summed E-state index contributed by atoms with van der Waals surface area (Å²) in [6.45, 7) is 6.02. The molecule has 0 bridgehead atoms. The molecule has 0 saturated carbocycles. The Labute approximate surface area is 126 Å². The van der Waals surface area contributed by atoms with Crippen LogP contribution in [0, 0.1) is 0 Å². The van der Waals surface area contributed by atoms with Crippen LogP contribution in [-0.4, -0.2) is 9.78 Å². The van der Waals surface area contributed by atoms with Gasteiger partial charge in [0.1, 0.15) is 5.69 Å². The molecule has 0 aliphatic rings. The van der Waals surface area contributed by atoms with Gasteiger partial charge in [-0.05, 0) is 12.1 Å². The average molecular weight is 320 g/mol. The van der Waals surface area contributed by atoms with Crippen LogP contribution in [0.3, 0.4) is 0 Å². The van der Waals surface area contributed by atoms with Gasteiger partial charge in [0.05, 0.1) is 10.0 Å². The van der Waals surface area contributed by atoms with Gasteiger partial charge in [-0.25, -0.2) is 4.68 Å². The van der Waals surface area contributed by atoms with Crippen LogP contribution in [0.15, 0.2) is 23.0 Å². The Bertz CT molecular complexity index is 657. The Morgan fingerprint density at radius 3 is 2.00 bits per heavy atom. The zero-order valence-corrected chi connectivity index (χ0v) is 13.0. The lowest BCUT2D eigenvalue weighted by Crippen LogP contribution is -2.15. The molecule has 0 spiro atoms. The molecule has 0 unspecified atom stereocenters. The maximum absolute atomic E-state index is 12.1. The summed E-state index contributed by atoms with van der Waals surface area (Å²) in [7, 11) is 0. The van der Waals surface area contributed by atoms with Gasteiger partial charge < -0.3 is 0 Å². The van der Waals surface area contributed by atoms with Crippen molar-refractivity contribution in [2.75, 3.05) is 0 Å². The van der Waals surface area contributed by atoms with E-state index in [1.807, 2.05) is 20.8 Å². The first-order valence-electron chi connectivity index (χ1n) is 5.67. The molecule has 2 aromatic rings. The van der Waals surface area contributed by atoms with Crippen molar-refractivity contribution in [3.8, 4) is 5.69 Å². The Hall–Kier alpha value is -0.900. The number of aromatic amines is 1. The highest BCUT2D eigenvalue weighted by molar-refractivity contribution is 6.40. The number of benzene rings is 1. The van der Waals surface area contributed by atoms with E-state index < -0.39 is 0 Å². The van der Waals surface area contributed by atoms with E-state index in [0.717, 1.165) is 5.69 Å². The van der Waals surface area contributed by atoms with Crippen LogP contribution >= 0.6 is 34.8 Å². The van der Waals surface area contributed by atoms with Gasteiger partial charge in [0.25, 0.3) is 5.56 Å². The van der Waals surface area contributed by atoms with Crippen molar-refractivity contribution < 1.29 is 0 Å². The lowest BCUT2D eigenvalue weighted by molar-refractivity contribution is 0.560. The molecule has 0 aliphatic heterocycles. The minimum atomic E-state index is -0.212. The fourth-order valence-electron chi connectivity index (χ4n) is 1.69. The van der Waals surface area contributed by atoms with Crippen LogP contribution in [0.1, 0.15) is 26.5 Å². The monoisotopic (exact) mass is 318 g/mol. The standard InChI is InChI=1S/C13H13Cl3N2O/c1-13(2,3)10-6-11(19)18(17-10)12-8(15)4-7(14)5-9(12)16/h4-6,17H,1-3H3. The van der Waals surface area contributed by atoms with Crippen LogP contribution < -0.4 is 5.56 Å². The molecule has 0 atom stereocenters. The fraction of sp³-hybridized carbons (Fsp3) is 0.308. The van der Waals surface area contributed by atoms with E-state index in [9.17, 15) is 4.79 Å². The molecule has 1 aromatic carbocycles. The maximum Gasteiger partial charge on any atom is 0.271 e. The molecule has 0 radical (unpaired) electrons. The van der Waals surface area contributed by atoms with E-state index in [1.54, 1.807) is 18.2 Å². The maximum atomic E-state index is 12.1. The molecule has 1 N–H and O–H groups in total. The third kappa shape index (κ3) is 2.83. The summed E-state index contributed by atoms with van der Waals surface area (Å²) in [5.41, 5.74) is 0.833. The van der Waals surface area contributed by atoms with Crippen molar-refractivity contribution in [2.45, 2.75) is 26.2 Å². The molecule has 1 heterocycles. The highest BCUT2D eigenvalue weighted by atomic mass is 35.5. The summed E-state index contributed by atoms with van der Waals surface area (Å²) >= 11 is 18.1. The number of hydrogen-bond donors (Lipinski definition) is 1. The second-order valence-corrected chi connectivity index (χ2v) is 6.56. The van der Waals surface area contributed by atoms with Crippen molar-refractivity contribution in [3.05, 3.63) is 49.3 Å². The molecule has 0 amide bonds. The summed E-state index contributed by atoms with van der Waals surface area (Å²) in [6.07, 6.45) is 0. The number of halogens is 3. The van der Waals surface area contributed by atoms with Crippen LogP contribution in [-0.2, 0) is 5.41 Å². The molecule has 3 nitrogen and oxygen atoms in total. The summed E-state index contributed by atoms with van der Waals surface area (Å²) in [4.78, 5) is 12.1. The minimum Gasteiger partial charge on any atom is -0.294 e. The molecule has 0 aliphatic carbocycles. The minimum absolute atomic E-state index is 0.171. The zero-order valence-electron chi connectivity index (χ0n) is 10.7. The zero-order chi connectivity index (χ0) is 14.4. The van der Waals surface area contributed by atoms with Crippen LogP contribution in [0.4, 0.5) is 0 Å². The highest BCUT2D eigenvalue weighted by Crippen LogP contribution is 2.31. The number of aromatic nitrogens is 2. The predicted octanol–water partition coefficient (Wildman–Crippen LogP) is 4.42. The quantitative estimate of drug-likeness (QED) is 0.830. The van der Waals surface area contributed by atoms with Crippen molar-refractivity contribution in [1.29, 1.82) is 0 Å². The van der Waals surface area contributed by atoms with Crippen molar-refractivity contribution in [1.82, 2.24) is 9.78 Å². The van der Waals surface area contributed by atoms with Crippen LogP contribution in [0.5, 0.6) is 0 Å². The van der Waals surface area contributed by atoms with Crippen LogP contribution in [0.25, 0.3) is 5.69 Å². The molecule has 6 heteroatoms. The fourth-order valence-corrected chi connectivity index (χ4v) is 2.68. The molecular formula is C13H13Cl3N2O. The Balaban J connectivity index is 2.67. The van der Waals surface area contributed by atoms with Gasteiger partial charge in [-0.3, -0.25) is 9.89 Å². The molecular weight excluding hydrogens is 307 g/mol. The van der Waals surface area contributed by atoms with E-state index in [-0.39, 0.29) is 11.0 Å². The highest BCUT2D eigenvalue weighted by Gasteiger charge is 2.20. The van der Waals surface area contributed by atoms with Crippen molar-refractivity contribution in [2.24, 2.45) is 0 Å². The number of hydrogen-bond acceptors (Lipinski definition) is 1. The van der Waals surface area contributed by atoms with E-state index >= 15 is 0 Å². The first kappa shape index (κ1) is 14.5. The number of H-pyrrole nitrogens is 1. The topological polar surface area (TPSA) is 37.8 Å². The van der Waals surface area contributed by atoms with E-state index in [2.05, 4.69) is 5.10 Å². The van der Waals surface area contributed by atoms with Gasteiger partial charge in [0.2, 0.25) is 0 Å². The lowest BCUT2D eigenvalue weighted by Gasteiger charge is -2.16. The Morgan fingerprint density at radius 2 is 1.58 bits per heavy atom. The largest absolute Gasteiger partial charge is 0.294 e. The summed E-state index contributed by atoms with van der Waals surface area (Å²) in [5.74, 6) is 0. The second kappa shape index (κ2) is 4.89. The smallest absolute Gasteiger partial charge is 0.271 e. The second-order valence-electron chi connectivity index (χ2n) is 5.31. The van der Waals surface area contributed by atoms with E-state index in [1.165, 1.54) is 4.68 Å². The third-order valence-electron chi connectivity index (χ3n) is 2.73. The van der Waals surface area contributed by atoms with Gasteiger partial charge in [0.15, 0.2) is 0 Å². The first-order chi connectivity index (χ1) is 8.70. The average Bonchev–Trinajstić information content (AvgIpc) is 2.59. The number of rotatable bonds is 1. The molecule has 1 aromatic heterocycles. The van der Waals surface area contributed by atoms with Gasteiger partial charge in [-0.2, -0.15) is 0 Å². The Morgan fingerprint density at radius 1 is 1.05 bits per heavy atom. The molecule has 0 fully saturated rings. The summed E-state index contributed by atoms with van der Waals surface area (Å²) in [5, 5.41) is 4.10. The molecule has 19 heavy (non-hydrogen) atoms. The first-order valence-corrected chi connectivity index (χ1v) is 6.81. The Kier molecular flexibility index (Phi) is 3.74. The lowest BCUT2D eigenvalue weighted by atomic mass is 9.93. The summed E-state index contributed by atoms with van der Waals surface area (Å²) < 4.78 is 1.33.